The lowest BCUT2D eigenvalue weighted by atomic mass is 9.92. The lowest BCUT2D eigenvalue weighted by molar-refractivity contribution is 0.684. The van der Waals surface area contributed by atoms with E-state index in [0.29, 0.717) is 5.92 Å². The molecule has 0 bridgehead atoms. The van der Waals surface area contributed by atoms with E-state index in [4.69, 9.17) is 11.6 Å². The first-order valence-electron chi connectivity index (χ1n) is 7.60. The highest BCUT2D eigenvalue weighted by Crippen LogP contribution is 2.29. The summed E-state index contributed by atoms with van der Waals surface area (Å²) in [6, 6.07) is 15.2. The van der Waals surface area contributed by atoms with E-state index in [0.717, 1.165) is 10.6 Å². The Morgan fingerprint density at radius 3 is 2.24 bits per heavy atom. The van der Waals surface area contributed by atoms with Crippen LogP contribution >= 0.6 is 11.6 Å². The molecule has 2 rings (SSSR count). The van der Waals surface area contributed by atoms with Gasteiger partial charge in [-0.25, -0.2) is 0 Å². The smallest absolute Gasteiger partial charge is 0.0577 e. The largest absolute Gasteiger partial charge is 0.309 e. The molecule has 0 saturated heterocycles. The van der Waals surface area contributed by atoms with Crippen LogP contribution in [0.15, 0.2) is 42.5 Å². The monoisotopic (exact) mass is 301 g/mol. The summed E-state index contributed by atoms with van der Waals surface area (Å²) in [5.41, 5.74) is 5.06. The van der Waals surface area contributed by atoms with Crippen LogP contribution in [0.2, 0.25) is 5.02 Å². The van der Waals surface area contributed by atoms with Crippen molar-refractivity contribution in [2.75, 3.05) is 7.05 Å². The van der Waals surface area contributed by atoms with E-state index < -0.39 is 0 Å². The van der Waals surface area contributed by atoms with Gasteiger partial charge in [-0.05, 0) is 54.6 Å². The predicted molar refractivity (Wildman–Crippen MR) is 92.2 cm³/mol. The van der Waals surface area contributed by atoms with Crippen LogP contribution in [0.3, 0.4) is 0 Å². The Bertz CT molecular complexity index is 589. The van der Waals surface area contributed by atoms with Gasteiger partial charge in [0, 0.05) is 5.02 Å². The quantitative estimate of drug-likeness (QED) is 0.772. The first kappa shape index (κ1) is 16.1. The van der Waals surface area contributed by atoms with Crippen LogP contribution in [0.25, 0.3) is 0 Å². The van der Waals surface area contributed by atoms with Gasteiger partial charge in [0.1, 0.15) is 0 Å². The molecule has 0 aliphatic rings. The highest BCUT2D eigenvalue weighted by atomic mass is 35.5. The van der Waals surface area contributed by atoms with Crippen LogP contribution in [-0.2, 0) is 0 Å². The van der Waals surface area contributed by atoms with E-state index in [1.807, 2.05) is 19.2 Å². The van der Waals surface area contributed by atoms with E-state index >= 15 is 0 Å². The summed E-state index contributed by atoms with van der Waals surface area (Å²) in [6.45, 7) is 6.57. The second kappa shape index (κ2) is 7.11. The molecular weight excluding hydrogens is 278 g/mol. The fraction of sp³-hybridized carbons (Fsp3) is 0.368. The summed E-state index contributed by atoms with van der Waals surface area (Å²) in [5.74, 6) is 0.611. The Morgan fingerprint density at radius 1 is 1.05 bits per heavy atom. The van der Waals surface area contributed by atoms with Gasteiger partial charge in [-0.15, -0.1) is 0 Å². The lowest BCUT2D eigenvalue weighted by Gasteiger charge is -2.21. The van der Waals surface area contributed by atoms with Crippen molar-refractivity contribution in [3.05, 3.63) is 69.7 Å². The molecule has 2 heteroatoms. The number of benzene rings is 2. The Balaban J connectivity index is 2.35. The van der Waals surface area contributed by atoms with E-state index in [9.17, 15) is 0 Å². The van der Waals surface area contributed by atoms with Crippen molar-refractivity contribution in [2.24, 2.45) is 0 Å². The molecule has 2 atom stereocenters. The fourth-order valence-electron chi connectivity index (χ4n) is 2.69. The third kappa shape index (κ3) is 3.48. The maximum absolute atomic E-state index is 6.26. The van der Waals surface area contributed by atoms with Gasteiger partial charge in [0.05, 0.1) is 6.04 Å². The van der Waals surface area contributed by atoms with Gasteiger partial charge in [0.2, 0.25) is 0 Å². The number of rotatable bonds is 5. The average molecular weight is 302 g/mol. The standard InChI is InChI=1S/C19H24ClN/c1-5-13(2)15-9-11-16(12-10-15)19(21-4)17-7-6-8-18(20)14(17)3/h6-13,19,21H,5H2,1-4H3. The number of halogens is 1. The number of nitrogens with one attached hydrogen (secondary N) is 1. The molecule has 0 saturated carbocycles. The molecular formula is C19H24ClN. The molecule has 0 fully saturated rings. The van der Waals surface area contributed by atoms with Crippen molar-refractivity contribution in [3.63, 3.8) is 0 Å². The van der Waals surface area contributed by atoms with Gasteiger partial charge in [-0.2, -0.15) is 0 Å². The Labute approximate surface area is 133 Å². The van der Waals surface area contributed by atoms with Gasteiger partial charge in [0.15, 0.2) is 0 Å². The maximum Gasteiger partial charge on any atom is 0.0577 e. The summed E-state index contributed by atoms with van der Waals surface area (Å²) in [7, 11) is 1.99. The summed E-state index contributed by atoms with van der Waals surface area (Å²) < 4.78 is 0. The predicted octanol–water partition coefficient (Wildman–Crippen LogP) is 5.47. The van der Waals surface area contributed by atoms with Gasteiger partial charge in [-0.3, -0.25) is 0 Å². The van der Waals surface area contributed by atoms with Crippen molar-refractivity contribution in [2.45, 2.75) is 39.2 Å². The first-order chi connectivity index (χ1) is 10.1. The highest BCUT2D eigenvalue weighted by Gasteiger charge is 2.15. The molecule has 0 aromatic heterocycles. The number of hydrogen-bond acceptors (Lipinski definition) is 1. The molecule has 0 spiro atoms. The molecule has 112 valence electrons. The van der Waals surface area contributed by atoms with Crippen molar-refractivity contribution < 1.29 is 0 Å². The molecule has 2 aromatic rings. The van der Waals surface area contributed by atoms with Crippen molar-refractivity contribution in [1.29, 1.82) is 0 Å². The molecule has 1 N–H and O–H groups in total. The second-order valence-electron chi connectivity index (χ2n) is 5.65. The van der Waals surface area contributed by atoms with Crippen LogP contribution in [-0.4, -0.2) is 7.05 Å². The third-order valence-electron chi connectivity index (χ3n) is 4.36. The van der Waals surface area contributed by atoms with Crippen molar-refractivity contribution in [3.8, 4) is 0 Å². The fourth-order valence-corrected chi connectivity index (χ4v) is 2.87. The normalized spacial score (nSPS) is 14.0. The minimum atomic E-state index is 0.176. The molecule has 0 aliphatic heterocycles. The van der Waals surface area contributed by atoms with Gasteiger partial charge < -0.3 is 5.32 Å². The third-order valence-corrected chi connectivity index (χ3v) is 4.77. The van der Waals surface area contributed by atoms with Gasteiger partial charge >= 0.3 is 0 Å². The average Bonchev–Trinajstić information content (AvgIpc) is 2.52. The maximum atomic E-state index is 6.26. The lowest BCUT2D eigenvalue weighted by Crippen LogP contribution is -2.18. The molecule has 21 heavy (non-hydrogen) atoms. The molecule has 0 heterocycles. The summed E-state index contributed by atoms with van der Waals surface area (Å²) in [4.78, 5) is 0. The van der Waals surface area contributed by atoms with E-state index in [-0.39, 0.29) is 6.04 Å². The Morgan fingerprint density at radius 2 is 1.67 bits per heavy atom. The zero-order valence-corrected chi connectivity index (χ0v) is 14.0. The van der Waals surface area contributed by atoms with Crippen LogP contribution in [0.1, 0.15) is 54.5 Å². The van der Waals surface area contributed by atoms with Crippen LogP contribution in [0.4, 0.5) is 0 Å². The van der Waals surface area contributed by atoms with Crippen molar-refractivity contribution >= 4 is 11.6 Å². The molecule has 2 unspecified atom stereocenters. The molecule has 1 nitrogen and oxygen atoms in total. The topological polar surface area (TPSA) is 12.0 Å². The Hall–Kier alpha value is -1.31. The number of hydrogen-bond donors (Lipinski definition) is 1. The molecule has 0 aliphatic carbocycles. The zero-order valence-electron chi connectivity index (χ0n) is 13.3. The summed E-state index contributed by atoms with van der Waals surface area (Å²) in [6.07, 6.45) is 1.17. The van der Waals surface area contributed by atoms with Crippen LogP contribution < -0.4 is 5.32 Å². The first-order valence-corrected chi connectivity index (χ1v) is 7.98. The summed E-state index contributed by atoms with van der Waals surface area (Å²) >= 11 is 6.26. The molecule has 0 radical (unpaired) electrons. The second-order valence-corrected chi connectivity index (χ2v) is 6.06. The van der Waals surface area contributed by atoms with Gasteiger partial charge in [-0.1, -0.05) is 61.8 Å². The van der Waals surface area contributed by atoms with E-state index in [2.05, 4.69) is 56.4 Å². The minimum absolute atomic E-state index is 0.176. The van der Waals surface area contributed by atoms with Crippen LogP contribution in [0, 0.1) is 6.92 Å². The summed E-state index contributed by atoms with van der Waals surface area (Å²) in [5, 5.41) is 4.23. The van der Waals surface area contributed by atoms with E-state index in [1.54, 1.807) is 0 Å². The SMILES string of the molecule is CCC(C)c1ccc(C(NC)c2cccc(Cl)c2C)cc1. The van der Waals surface area contributed by atoms with E-state index in [1.165, 1.54) is 23.1 Å². The highest BCUT2D eigenvalue weighted by molar-refractivity contribution is 6.31. The molecule has 0 amide bonds. The molecule has 2 aromatic carbocycles. The zero-order chi connectivity index (χ0) is 15.4. The van der Waals surface area contributed by atoms with Gasteiger partial charge in [0.25, 0.3) is 0 Å². The minimum Gasteiger partial charge on any atom is -0.309 e. The Kier molecular flexibility index (Phi) is 5.44. The van der Waals surface area contributed by atoms with Crippen LogP contribution in [0.5, 0.6) is 0 Å². The van der Waals surface area contributed by atoms with Crippen molar-refractivity contribution in [1.82, 2.24) is 5.32 Å².